The summed E-state index contributed by atoms with van der Waals surface area (Å²) in [6, 6.07) is 17.2. The van der Waals surface area contributed by atoms with Gasteiger partial charge in [0.2, 0.25) is 5.91 Å². The molecule has 0 aliphatic heterocycles. The number of aryl methyl sites for hydroxylation is 1. The van der Waals surface area contributed by atoms with Crippen molar-refractivity contribution in [1.29, 1.82) is 0 Å². The molecule has 3 aromatic rings. The minimum absolute atomic E-state index is 0.0969. The first-order valence-corrected chi connectivity index (χ1v) is 8.81. The monoisotopic (exact) mass is 397 g/mol. The molecule has 0 unspecified atom stereocenters. The molecule has 0 bridgehead atoms. The summed E-state index contributed by atoms with van der Waals surface area (Å²) in [7, 11) is 0. The topological polar surface area (TPSA) is 97.7 Å². The summed E-state index contributed by atoms with van der Waals surface area (Å²) < 4.78 is 5.61. The van der Waals surface area contributed by atoms with Crippen LogP contribution >= 0.6 is 11.6 Å². The average molecular weight is 398 g/mol. The fourth-order valence-corrected chi connectivity index (χ4v) is 2.78. The molecule has 2 aromatic carbocycles. The third-order valence-corrected chi connectivity index (χ3v) is 4.23. The van der Waals surface area contributed by atoms with Crippen LogP contribution in [0.4, 0.5) is 5.69 Å². The summed E-state index contributed by atoms with van der Waals surface area (Å²) in [6.07, 6.45) is 2.33. The lowest BCUT2D eigenvalue weighted by Gasteiger charge is -2.01. The minimum atomic E-state index is -0.518. The number of nitrogens with zero attached hydrogens (tertiary/aromatic N) is 2. The van der Waals surface area contributed by atoms with E-state index in [0.717, 1.165) is 5.56 Å². The van der Waals surface area contributed by atoms with Crippen LogP contribution in [0.2, 0.25) is 5.02 Å². The second-order valence-corrected chi connectivity index (χ2v) is 6.31. The van der Waals surface area contributed by atoms with E-state index in [-0.39, 0.29) is 16.6 Å². The number of hydrogen-bond donors (Lipinski definition) is 1. The van der Waals surface area contributed by atoms with Gasteiger partial charge < -0.3 is 4.42 Å². The van der Waals surface area contributed by atoms with Crippen molar-refractivity contribution in [3.05, 3.63) is 87.1 Å². The van der Waals surface area contributed by atoms with E-state index >= 15 is 0 Å². The van der Waals surface area contributed by atoms with Gasteiger partial charge in [-0.2, -0.15) is 5.10 Å². The molecule has 0 fully saturated rings. The largest absolute Gasteiger partial charge is 0.455 e. The molecule has 1 heterocycles. The Morgan fingerprint density at radius 2 is 1.96 bits per heavy atom. The lowest BCUT2D eigenvalue weighted by atomic mass is 10.1. The summed E-state index contributed by atoms with van der Waals surface area (Å²) in [5.74, 6) is 0.648. The van der Waals surface area contributed by atoms with Gasteiger partial charge >= 0.3 is 0 Å². The van der Waals surface area contributed by atoms with E-state index in [0.29, 0.717) is 29.9 Å². The van der Waals surface area contributed by atoms with Gasteiger partial charge in [-0.3, -0.25) is 14.9 Å². The number of hydrogen-bond acceptors (Lipinski definition) is 5. The number of rotatable bonds is 7. The van der Waals surface area contributed by atoms with Gasteiger partial charge in [0.05, 0.1) is 16.2 Å². The number of carbonyl (C=O) groups excluding carboxylic acids is 1. The Bertz CT molecular complexity index is 1020. The third kappa shape index (κ3) is 5.05. The molecule has 0 saturated heterocycles. The van der Waals surface area contributed by atoms with Crippen molar-refractivity contribution in [2.45, 2.75) is 12.8 Å². The van der Waals surface area contributed by atoms with Crippen LogP contribution in [-0.2, 0) is 11.2 Å². The van der Waals surface area contributed by atoms with E-state index in [9.17, 15) is 14.9 Å². The number of amides is 1. The number of nitro benzene ring substituents is 1. The Hall–Kier alpha value is -3.45. The molecule has 8 heteroatoms. The number of halogens is 1. The summed E-state index contributed by atoms with van der Waals surface area (Å²) in [6.45, 7) is 0. The van der Waals surface area contributed by atoms with Crippen LogP contribution in [0, 0.1) is 10.1 Å². The van der Waals surface area contributed by atoms with E-state index in [4.69, 9.17) is 16.0 Å². The van der Waals surface area contributed by atoms with Gasteiger partial charge in [-0.1, -0.05) is 41.9 Å². The van der Waals surface area contributed by atoms with Crippen molar-refractivity contribution < 1.29 is 14.1 Å². The summed E-state index contributed by atoms with van der Waals surface area (Å²) in [5, 5.41) is 14.9. The molecule has 1 amide bonds. The summed E-state index contributed by atoms with van der Waals surface area (Å²) in [4.78, 5) is 22.1. The summed E-state index contributed by atoms with van der Waals surface area (Å²) >= 11 is 6.09. The maximum Gasteiger partial charge on any atom is 0.270 e. The predicted molar refractivity (Wildman–Crippen MR) is 106 cm³/mol. The highest BCUT2D eigenvalue weighted by Crippen LogP contribution is 2.31. The van der Waals surface area contributed by atoms with Crippen molar-refractivity contribution in [2.75, 3.05) is 0 Å². The van der Waals surface area contributed by atoms with Crippen molar-refractivity contribution in [3.8, 4) is 11.3 Å². The number of non-ortho nitro benzene ring substituents is 1. The highest BCUT2D eigenvalue weighted by atomic mass is 35.5. The molecule has 0 aliphatic carbocycles. The van der Waals surface area contributed by atoms with Crippen LogP contribution in [0.3, 0.4) is 0 Å². The van der Waals surface area contributed by atoms with Gasteiger partial charge in [-0.25, -0.2) is 5.43 Å². The standard InChI is InChI=1S/C20H16ClN3O4/c21-18-12-15(24(26)27)7-9-17(18)19-10-8-16(28-19)13-22-23-20(25)11-6-14-4-2-1-3-5-14/h1-5,7-10,12-13H,6,11H2,(H,23,25)/b22-13-. The van der Waals surface area contributed by atoms with E-state index < -0.39 is 4.92 Å². The Balaban J connectivity index is 1.57. The van der Waals surface area contributed by atoms with E-state index in [1.54, 1.807) is 12.1 Å². The number of benzene rings is 2. The van der Waals surface area contributed by atoms with Gasteiger partial charge in [-0.05, 0) is 30.2 Å². The van der Waals surface area contributed by atoms with Gasteiger partial charge in [0, 0.05) is 24.1 Å². The molecule has 142 valence electrons. The van der Waals surface area contributed by atoms with Crippen LogP contribution in [0.15, 0.2) is 70.2 Å². The zero-order valence-corrected chi connectivity index (χ0v) is 15.4. The molecule has 3 rings (SSSR count). The van der Waals surface area contributed by atoms with E-state index in [1.165, 1.54) is 24.4 Å². The molecule has 1 aromatic heterocycles. The molecule has 28 heavy (non-hydrogen) atoms. The molecule has 0 radical (unpaired) electrons. The molecular formula is C20H16ClN3O4. The fourth-order valence-electron chi connectivity index (χ4n) is 2.51. The van der Waals surface area contributed by atoms with Crippen LogP contribution in [-0.4, -0.2) is 17.0 Å². The summed E-state index contributed by atoms with van der Waals surface area (Å²) in [5.41, 5.74) is 3.96. The van der Waals surface area contributed by atoms with E-state index in [1.807, 2.05) is 30.3 Å². The molecule has 0 atom stereocenters. The van der Waals surface area contributed by atoms with Crippen molar-refractivity contribution >= 4 is 29.4 Å². The smallest absolute Gasteiger partial charge is 0.270 e. The predicted octanol–water partition coefficient (Wildman–Crippen LogP) is 4.59. The Morgan fingerprint density at radius 1 is 1.18 bits per heavy atom. The van der Waals surface area contributed by atoms with Crippen molar-refractivity contribution in [1.82, 2.24) is 5.43 Å². The van der Waals surface area contributed by atoms with Crippen LogP contribution in [0.5, 0.6) is 0 Å². The van der Waals surface area contributed by atoms with Gasteiger partial charge in [0.25, 0.3) is 5.69 Å². The lowest BCUT2D eigenvalue weighted by molar-refractivity contribution is -0.384. The first kappa shape index (κ1) is 19.3. The molecule has 7 nitrogen and oxygen atoms in total. The quantitative estimate of drug-likeness (QED) is 0.358. The van der Waals surface area contributed by atoms with Gasteiger partial charge in [0.1, 0.15) is 11.5 Å². The van der Waals surface area contributed by atoms with Gasteiger partial charge in [0.15, 0.2) is 0 Å². The van der Waals surface area contributed by atoms with Crippen molar-refractivity contribution in [3.63, 3.8) is 0 Å². The number of furan rings is 1. The Kier molecular flexibility index (Phi) is 6.18. The fraction of sp³-hybridized carbons (Fsp3) is 0.100. The maximum absolute atomic E-state index is 11.8. The van der Waals surface area contributed by atoms with Crippen LogP contribution in [0.25, 0.3) is 11.3 Å². The molecule has 0 saturated carbocycles. The van der Waals surface area contributed by atoms with Crippen LogP contribution < -0.4 is 5.43 Å². The lowest BCUT2D eigenvalue weighted by Crippen LogP contribution is -2.17. The number of carbonyl (C=O) groups is 1. The Morgan fingerprint density at radius 3 is 2.68 bits per heavy atom. The third-order valence-electron chi connectivity index (χ3n) is 3.92. The molecular weight excluding hydrogens is 382 g/mol. The first-order chi connectivity index (χ1) is 13.5. The first-order valence-electron chi connectivity index (χ1n) is 8.43. The number of nitrogens with one attached hydrogen (secondary N) is 1. The SMILES string of the molecule is O=C(CCc1ccccc1)N/N=C\c1ccc(-c2ccc([N+](=O)[O-])cc2Cl)o1. The van der Waals surface area contributed by atoms with Gasteiger partial charge in [-0.15, -0.1) is 0 Å². The maximum atomic E-state index is 11.8. The van der Waals surface area contributed by atoms with Crippen LogP contribution in [0.1, 0.15) is 17.7 Å². The zero-order chi connectivity index (χ0) is 19.9. The molecule has 0 spiro atoms. The normalized spacial score (nSPS) is 10.9. The second kappa shape index (κ2) is 8.96. The highest BCUT2D eigenvalue weighted by Gasteiger charge is 2.13. The average Bonchev–Trinajstić information content (AvgIpc) is 3.15. The molecule has 1 N–H and O–H groups in total. The Labute approximate surface area is 165 Å². The number of hydrazone groups is 1. The number of nitro groups is 1. The minimum Gasteiger partial charge on any atom is -0.455 e. The van der Waals surface area contributed by atoms with Crippen molar-refractivity contribution in [2.24, 2.45) is 5.10 Å². The zero-order valence-electron chi connectivity index (χ0n) is 14.7. The van der Waals surface area contributed by atoms with E-state index in [2.05, 4.69) is 10.5 Å². The molecule has 0 aliphatic rings. The highest BCUT2D eigenvalue weighted by molar-refractivity contribution is 6.33. The second-order valence-electron chi connectivity index (χ2n) is 5.90.